The van der Waals surface area contributed by atoms with Crippen LogP contribution in [-0.4, -0.2) is 4.98 Å². The van der Waals surface area contributed by atoms with Crippen LogP contribution >= 0.6 is 11.3 Å². The minimum Gasteiger partial charge on any atom is -0.320 e. The van der Waals surface area contributed by atoms with Gasteiger partial charge in [0.25, 0.3) is 0 Å². The van der Waals surface area contributed by atoms with E-state index in [4.69, 9.17) is 10.7 Å². The van der Waals surface area contributed by atoms with Crippen molar-refractivity contribution in [2.45, 2.75) is 18.4 Å². The van der Waals surface area contributed by atoms with Gasteiger partial charge in [-0.05, 0) is 23.6 Å². The zero-order valence-electron chi connectivity index (χ0n) is 10.5. The van der Waals surface area contributed by atoms with Crippen LogP contribution in [0.25, 0.3) is 21.3 Å². The van der Waals surface area contributed by atoms with Crippen molar-refractivity contribution in [2.24, 2.45) is 5.73 Å². The van der Waals surface area contributed by atoms with Crippen LogP contribution in [0.3, 0.4) is 0 Å². The lowest BCUT2D eigenvalue weighted by Gasteiger charge is -2.04. The van der Waals surface area contributed by atoms with Crippen LogP contribution in [0.4, 0.5) is 0 Å². The molecule has 3 aromatic rings. The molecule has 0 aliphatic heterocycles. The van der Waals surface area contributed by atoms with Crippen LogP contribution in [-0.2, 0) is 5.54 Å². The molecule has 1 saturated carbocycles. The smallest absolute Gasteiger partial charge is 0.124 e. The Hall–Kier alpha value is -1.71. The maximum Gasteiger partial charge on any atom is 0.124 e. The molecule has 1 aliphatic carbocycles. The third-order valence-electron chi connectivity index (χ3n) is 3.82. The van der Waals surface area contributed by atoms with Crippen molar-refractivity contribution in [3.05, 3.63) is 53.5 Å². The van der Waals surface area contributed by atoms with Crippen LogP contribution in [0.5, 0.6) is 0 Å². The van der Waals surface area contributed by atoms with Gasteiger partial charge in [0, 0.05) is 10.9 Å². The Morgan fingerprint density at radius 2 is 1.84 bits per heavy atom. The van der Waals surface area contributed by atoms with E-state index in [-0.39, 0.29) is 5.54 Å². The van der Waals surface area contributed by atoms with Gasteiger partial charge in [-0.3, -0.25) is 0 Å². The van der Waals surface area contributed by atoms with E-state index < -0.39 is 0 Å². The maximum atomic E-state index is 6.22. The molecular formula is C16H14N2S. The second-order valence-corrected chi connectivity index (χ2v) is 6.08. The van der Waals surface area contributed by atoms with Crippen LogP contribution in [0.2, 0.25) is 0 Å². The van der Waals surface area contributed by atoms with Crippen LogP contribution in [0.1, 0.15) is 18.5 Å². The molecule has 0 unspecified atom stereocenters. The highest BCUT2D eigenvalue weighted by Crippen LogP contribution is 2.44. The van der Waals surface area contributed by atoms with E-state index in [0.29, 0.717) is 0 Å². The largest absolute Gasteiger partial charge is 0.320 e. The van der Waals surface area contributed by atoms with Crippen molar-refractivity contribution in [3.63, 3.8) is 0 Å². The molecular weight excluding hydrogens is 252 g/mol. The fourth-order valence-electron chi connectivity index (χ4n) is 2.43. The summed E-state index contributed by atoms with van der Waals surface area (Å²) in [6.07, 6.45) is 2.12. The molecule has 2 nitrogen and oxygen atoms in total. The van der Waals surface area contributed by atoms with Gasteiger partial charge in [-0.2, -0.15) is 0 Å². The van der Waals surface area contributed by atoms with Crippen LogP contribution in [0, 0.1) is 0 Å². The third-order valence-corrected chi connectivity index (χ3v) is 4.70. The third kappa shape index (κ3) is 1.78. The SMILES string of the molecule is NC1(c2csc(-c3cccc4ccccc34)n2)CC1. The number of nitrogens with two attached hydrogens (primary N) is 1. The molecule has 3 heteroatoms. The van der Waals surface area contributed by atoms with Crippen molar-refractivity contribution in [1.29, 1.82) is 0 Å². The number of benzene rings is 2. The normalized spacial score (nSPS) is 16.7. The Kier molecular flexibility index (Phi) is 2.28. The van der Waals surface area contributed by atoms with E-state index in [1.54, 1.807) is 11.3 Å². The molecule has 0 bridgehead atoms. The maximum absolute atomic E-state index is 6.22. The molecule has 19 heavy (non-hydrogen) atoms. The zero-order chi connectivity index (χ0) is 12.9. The van der Waals surface area contributed by atoms with Gasteiger partial charge < -0.3 is 5.73 Å². The summed E-state index contributed by atoms with van der Waals surface area (Å²) in [4.78, 5) is 4.76. The first-order valence-corrected chi connectivity index (χ1v) is 7.37. The molecule has 0 amide bonds. The molecule has 1 fully saturated rings. The van der Waals surface area contributed by atoms with Gasteiger partial charge in [-0.15, -0.1) is 11.3 Å². The summed E-state index contributed by atoms with van der Waals surface area (Å²) in [5, 5.41) is 5.70. The first-order valence-electron chi connectivity index (χ1n) is 6.49. The monoisotopic (exact) mass is 266 g/mol. The minimum atomic E-state index is -0.140. The lowest BCUT2D eigenvalue weighted by molar-refractivity contribution is 0.715. The number of hydrogen-bond donors (Lipinski definition) is 1. The number of thiazole rings is 1. The van der Waals surface area contributed by atoms with Crippen molar-refractivity contribution >= 4 is 22.1 Å². The summed E-state index contributed by atoms with van der Waals surface area (Å²) in [6.45, 7) is 0. The van der Waals surface area contributed by atoms with Gasteiger partial charge in [-0.25, -0.2) is 4.98 Å². The van der Waals surface area contributed by atoms with E-state index in [9.17, 15) is 0 Å². The minimum absolute atomic E-state index is 0.140. The standard InChI is InChI=1S/C16H14N2S/c17-16(8-9-16)14-10-19-15(18-14)13-7-3-5-11-4-1-2-6-12(11)13/h1-7,10H,8-9,17H2. The molecule has 2 N–H and O–H groups in total. The highest BCUT2D eigenvalue weighted by Gasteiger charge is 2.42. The Labute approximate surface area is 115 Å². The summed E-state index contributed by atoms with van der Waals surface area (Å²) < 4.78 is 0. The van der Waals surface area contributed by atoms with Crippen molar-refractivity contribution in [2.75, 3.05) is 0 Å². The summed E-state index contributed by atoms with van der Waals surface area (Å²) in [5.74, 6) is 0. The van der Waals surface area contributed by atoms with Crippen LogP contribution in [0.15, 0.2) is 47.8 Å². The predicted molar refractivity (Wildman–Crippen MR) is 80.2 cm³/mol. The van der Waals surface area contributed by atoms with Gasteiger partial charge in [0.15, 0.2) is 0 Å². The number of hydrogen-bond acceptors (Lipinski definition) is 3. The van der Waals surface area contributed by atoms with E-state index in [2.05, 4.69) is 47.8 Å². The average molecular weight is 266 g/mol. The Balaban J connectivity index is 1.88. The number of fused-ring (bicyclic) bond motifs is 1. The topological polar surface area (TPSA) is 38.9 Å². The van der Waals surface area contributed by atoms with Gasteiger partial charge in [0.05, 0.1) is 11.2 Å². The van der Waals surface area contributed by atoms with E-state index in [0.717, 1.165) is 23.5 Å². The molecule has 94 valence electrons. The van der Waals surface area contributed by atoms with Crippen molar-refractivity contribution in [1.82, 2.24) is 4.98 Å². The lowest BCUT2D eigenvalue weighted by atomic mass is 10.1. The zero-order valence-corrected chi connectivity index (χ0v) is 11.3. The van der Waals surface area contributed by atoms with E-state index in [1.807, 2.05) is 0 Å². The first-order chi connectivity index (χ1) is 9.26. The fourth-order valence-corrected chi connectivity index (χ4v) is 3.40. The first kappa shape index (κ1) is 11.1. The second kappa shape index (κ2) is 3.89. The number of rotatable bonds is 2. The fraction of sp³-hybridized carbons (Fsp3) is 0.188. The van der Waals surface area contributed by atoms with Gasteiger partial charge in [0.2, 0.25) is 0 Å². The molecule has 0 spiro atoms. The molecule has 1 heterocycles. The van der Waals surface area contributed by atoms with Crippen LogP contribution < -0.4 is 5.73 Å². The molecule has 0 radical (unpaired) electrons. The average Bonchev–Trinajstić information content (AvgIpc) is 3.02. The molecule has 2 aromatic carbocycles. The van der Waals surface area contributed by atoms with Gasteiger partial charge in [0.1, 0.15) is 5.01 Å². The summed E-state index contributed by atoms with van der Waals surface area (Å²) in [5.41, 5.74) is 8.34. The van der Waals surface area contributed by atoms with Crippen molar-refractivity contribution < 1.29 is 0 Å². The van der Waals surface area contributed by atoms with Gasteiger partial charge in [-0.1, -0.05) is 42.5 Å². The summed E-state index contributed by atoms with van der Waals surface area (Å²) in [6, 6.07) is 14.8. The van der Waals surface area contributed by atoms with E-state index >= 15 is 0 Å². The van der Waals surface area contributed by atoms with Crippen molar-refractivity contribution in [3.8, 4) is 10.6 Å². The highest BCUT2D eigenvalue weighted by molar-refractivity contribution is 7.13. The number of nitrogens with zero attached hydrogens (tertiary/aromatic N) is 1. The molecule has 4 rings (SSSR count). The van der Waals surface area contributed by atoms with Gasteiger partial charge >= 0.3 is 0 Å². The quantitative estimate of drug-likeness (QED) is 0.763. The summed E-state index contributed by atoms with van der Waals surface area (Å²) >= 11 is 1.69. The molecule has 0 saturated heterocycles. The highest BCUT2D eigenvalue weighted by atomic mass is 32.1. The lowest BCUT2D eigenvalue weighted by Crippen LogP contribution is -2.18. The second-order valence-electron chi connectivity index (χ2n) is 5.22. The number of aromatic nitrogens is 1. The predicted octanol–water partition coefficient (Wildman–Crippen LogP) is 3.91. The van der Waals surface area contributed by atoms with E-state index in [1.165, 1.54) is 16.3 Å². The molecule has 0 atom stereocenters. The Morgan fingerprint density at radius 1 is 1.05 bits per heavy atom. The summed E-state index contributed by atoms with van der Waals surface area (Å²) in [7, 11) is 0. The Morgan fingerprint density at radius 3 is 2.68 bits per heavy atom. The Bertz CT molecular complexity index is 751. The molecule has 1 aromatic heterocycles. The molecule has 1 aliphatic rings.